The Balaban J connectivity index is 2.08. The van der Waals surface area contributed by atoms with E-state index in [0.29, 0.717) is 15.1 Å². The van der Waals surface area contributed by atoms with Gasteiger partial charge in [0.05, 0.1) is 15.6 Å². The zero-order valence-electron chi connectivity index (χ0n) is 15.2. The van der Waals surface area contributed by atoms with Crippen molar-refractivity contribution in [1.29, 1.82) is 0 Å². The Morgan fingerprint density at radius 3 is 2.74 bits per heavy atom. The second-order valence-electron chi connectivity index (χ2n) is 6.99. The average Bonchev–Trinajstić information content (AvgIpc) is 3.02. The second kappa shape index (κ2) is 7.17. The second-order valence-corrected chi connectivity index (χ2v) is 8.21. The molecule has 0 saturated carbocycles. The van der Waals surface area contributed by atoms with Crippen LogP contribution in [0.5, 0.6) is 0 Å². The fraction of sp³-hybridized carbons (Fsp3) is 0.350. The quantitative estimate of drug-likeness (QED) is 0.527. The van der Waals surface area contributed by atoms with Crippen molar-refractivity contribution in [2.75, 3.05) is 11.9 Å². The van der Waals surface area contributed by atoms with E-state index < -0.39 is 0 Å². The van der Waals surface area contributed by atoms with Crippen molar-refractivity contribution in [1.82, 2.24) is 9.55 Å². The van der Waals surface area contributed by atoms with Crippen LogP contribution in [-0.2, 0) is 6.54 Å². The van der Waals surface area contributed by atoms with Crippen LogP contribution >= 0.6 is 34.8 Å². The van der Waals surface area contributed by atoms with Crippen LogP contribution in [-0.4, -0.2) is 16.1 Å². The fourth-order valence-electron chi connectivity index (χ4n) is 3.83. The lowest BCUT2D eigenvalue weighted by Gasteiger charge is -2.20. The maximum atomic E-state index is 6.86. The summed E-state index contributed by atoms with van der Waals surface area (Å²) < 4.78 is 2.19. The van der Waals surface area contributed by atoms with Gasteiger partial charge in [-0.3, -0.25) is 0 Å². The molecule has 3 aromatic rings. The molecule has 2 aromatic carbocycles. The predicted octanol–water partition coefficient (Wildman–Crippen LogP) is 6.20. The lowest BCUT2D eigenvalue weighted by Crippen LogP contribution is -2.18. The summed E-state index contributed by atoms with van der Waals surface area (Å²) in [5.41, 5.74) is 12.0. The third-order valence-electron chi connectivity index (χ3n) is 5.19. The summed E-state index contributed by atoms with van der Waals surface area (Å²) in [7, 11) is 0. The van der Waals surface area contributed by atoms with E-state index in [1.165, 1.54) is 0 Å². The number of halogens is 3. The van der Waals surface area contributed by atoms with Gasteiger partial charge in [0.2, 0.25) is 5.95 Å². The molecule has 1 aliphatic rings. The molecular formula is C20H21Cl3N4. The van der Waals surface area contributed by atoms with Gasteiger partial charge in [-0.2, -0.15) is 0 Å². The first-order valence-electron chi connectivity index (χ1n) is 9.10. The van der Waals surface area contributed by atoms with E-state index in [1.807, 2.05) is 13.0 Å². The Morgan fingerprint density at radius 1 is 1.26 bits per heavy atom. The Hall–Kier alpha value is -1.46. The van der Waals surface area contributed by atoms with Crippen molar-refractivity contribution in [3.63, 3.8) is 0 Å². The number of imidazole rings is 1. The number of anilines is 1. The average molecular weight is 424 g/mol. The predicted molar refractivity (Wildman–Crippen MR) is 115 cm³/mol. The van der Waals surface area contributed by atoms with E-state index in [2.05, 4.69) is 22.9 Å². The molecule has 1 atom stereocenters. The lowest BCUT2D eigenvalue weighted by molar-refractivity contribution is 0.634. The van der Waals surface area contributed by atoms with Crippen LogP contribution in [0.4, 0.5) is 5.95 Å². The minimum atomic E-state index is -0.113. The number of fused-ring (bicyclic) bond motifs is 3. The van der Waals surface area contributed by atoms with Crippen LogP contribution in [0.1, 0.15) is 36.9 Å². The third-order valence-corrected chi connectivity index (χ3v) is 6.09. The van der Waals surface area contributed by atoms with Gasteiger partial charge in [0.15, 0.2) is 0 Å². The third kappa shape index (κ3) is 3.09. The molecular weight excluding hydrogens is 403 g/mol. The van der Waals surface area contributed by atoms with Gasteiger partial charge < -0.3 is 15.6 Å². The number of nitrogens with one attached hydrogen (secondary N) is 1. The number of nitrogens with two attached hydrogens (primary N) is 1. The fourth-order valence-corrected chi connectivity index (χ4v) is 4.81. The maximum absolute atomic E-state index is 6.86. The Kier molecular flexibility index (Phi) is 5.02. The molecule has 0 bridgehead atoms. The molecule has 0 fully saturated rings. The number of aromatic nitrogens is 2. The van der Waals surface area contributed by atoms with E-state index in [9.17, 15) is 0 Å². The number of hydrogen-bond acceptors (Lipinski definition) is 3. The van der Waals surface area contributed by atoms with Gasteiger partial charge in [-0.05, 0) is 49.1 Å². The summed E-state index contributed by atoms with van der Waals surface area (Å²) >= 11 is 19.6. The Morgan fingerprint density at radius 2 is 2.04 bits per heavy atom. The van der Waals surface area contributed by atoms with Gasteiger partial charge >= 0.3 is 0 Å². The number of hydrogen-bond donors (Lipinski definition) is 2. The van der Waals surface area contributed by atoms with Crippen LogP contribution in [0.3, 0.4) is 0 Å². The normalized spacial score (nSPS) is 14.9. The highest BCUT2D eigenvalue weighted by Crippen LogP contribution is 2.44. The van der Waals surface area contributed by atoms with Crippen molar-refractivity contribution in [3.8, 4) is 11.1 Å². The summed E-state index contributed by atoms with van der Waals surface area (Å²) in [4.78, 5) is 4.79. The van der Waals surface area contributed by atoms with E-state index in [-0.39, 0.29) is 6.04 Å². The molecule has 27 heavy (non-hydrogen) atoms. The summed E-state index contributed by atoms with van der Waals surface area (Å²) in [5.74, 6) is 0.846. The molecule has 4 rings (SSSR count). The zero-order chi connectivity index (χ0) is 19.3. The van der Waals surface area contributed by atoms with Crippen LogP contribution in [0.15, 0.2) is 18.2 Å². The molecule has 0 saturated heterocycles. The Labute approximate surface area is 173 Å². The number of aryl methyl sites for hydroxylation is 2. The minimum Gasteiger partial charge on any atom is -0.356 e. The van der Waals surface area contributed by atoms with Gasteiger partial charge in [0.25, 0.3) is 0 Å². The molecule has 0 amide bonds. The molecule has 3 N–H and O–H groups in total. The minimum absolute atomic E-state index is 0.113. The molecule has 1 aromatic heterocycles. The lowest BCUT2D eigenvalue weighted by atomic mass is 9.94. The largest absolute Gasteiger partial charge is 0.356 e. The van der Waals surface area contributed by atoms with Gasteiger partial charge in [-0.15, -0.1) is 0 Å². The first-order chi connectivity index (χ1) is 12.9. The standard InChI is InChI=1S/C20H21Cl3N4/c1-3-15(24)12-9-13(16-10(2)7-11(21)8-14(16)22)17(23)18-19(12)27-6-4-5-25-20(27)26-18/h7-9,15H,3-6,24H2,1-2H3,(H,25,26). The molecule has 142 valence electrons. The first-order valence-corrected chi connectivity index (χ1v) is 10.2. The van der Waals surface area contributed by atoms with Crippen molar-refractivity contribution < 1.29 is 0 Å². The number of benzene rings is 2. The van der Waals surface area contributed by atoms with E-state index in [4.69, 9.17) is 45.5 Å². The molecule has 1 unspecified atom stereocenters. The van der Waals surface area contributed by atoms with E-state index >= 15 is 0 Å². The zero-order valence-corrected chi connectivity index (χ0v) is 17.5. The van der Waals surface area contributed by atoms with Gasteiger partial charge in [0.1, 0.15) is 5.52 Å². The molecule has 1 aliphatic heterocycles. The first kappa shape index (κ1) is 18.9. The summed E-state index contributed by atoms with van der Waals surface area (Å²) in [5, 5.41) is 5.12. The van der Waals surface area contributed by atoms with Crippen LogP contribution < -0.4 is 11.1 Å². The van der Waals surface area contributed by atoms with Gasteiger partial charge in [-0.1, -0.05) is 41.7 Å². The molecule has 0 radical (unpaired) electrons. The summed E-state index contributed by atoms with van der Waals surface area (Å²) in [6.45, 7) is 5.87. The van der Waals surface area contributed by atoms with E-state index in [0.717, 1.165) is 65.2 Å². The molecule has 0 aliphatic carbocycles. The van der Waals surface area contributed by atoms with Crippen molar-refractivity contribution >= 4 is 51.8 Å². The van der Waals surface area contributed by atoms with Crippen molar-refractivity contribution in [2.45, 2.75) is 39.3 Å². The highest BCUT2D eigenvalue weighted by molar-refractivity contribution is 6.40. The molecule has 7 heteroatoms. The van der Waals surface area contributed by atoms with E-state index in [1.54, 1.807) is 6.07 Å². The summed E-state index contributed by atoms with van der Waals surface area (Å²) in [6, 6.07) is 5.59. The highest BCUT2D eigenvalue weighted by Gasteiger charge is 2.25. The topological polar surface area (TPSA) is 55.9 Å². The van der Waals surface area contributed by atoms with Gasteiger partial charge in [-0.25, -0.2) is 4.98 Å². The SMILES string of the molecule is CCC(N)c1cc(-c2c(C)cc(Cl)cc2Cl)c(Cl)c2nc3n(c12)CCCN3. The molecule has 4 nitrogen and oxygen atoms in total. The van der Waals surface area contributed by atoms with Gasteiger partial charge in [0, 0.05) is 35.3 Å². The van der Waals surface area contributed by atoms with Crippen LogP contribution in [0, 0.1) is 6.92 Å². The van der Waals surface area contributed by atoms with Crippen LogP contribution in [0.2, 0.25) is 15.1 Å². The number of rotatable bonds is 3. The van der Waals surface area contributed by atoms with Crippen LogP contribution in [0.25, 0.3) is 22.2 Å². The smallest absolute Gasteiger partial charge is 0.203 e. The summed E-state index contributed by atoms with van der Waals surface area (Å²) in [6.07, 6.45) is 1.86. The number of nitrogens with zero attached hydrogens (tertiary/aromatic N) is 2. The van der Waals surface area contributed by atoms with Crippen molar-refractivity contribution in [2.24, 2.45) is 5.73 Å². The monoisotopic (exact) mass is 422 g/mol. The molecule has 2 heterocycles. The maximum Gasteiger partial charge on any atom is 0.203 e. The highest BCUT2D eigenvalue weighted by atomic mass is 35.5. The molecule has 0 spiro atoms. The van der Waals surface area contributed by atoms with Crippen molar-refractivity contribution in [3.05, 3.63) is 44.4 Å². The Bertz CT molecular complexity index is 1020.